The van der Waals surface area contributed by atoms with Crippen LogP contribution in [0.4, 0.5) is 16.3 Å². The van der Waals surface area contributed by atoms with Gasteiger partial charge < -0.3 is 19.9 Å². The molecule has 0 aliphatic carbocycles. The molecule has 0 unspecified atom stereocenters. The number of rotatable bonds is 5. The Bertz CT molecular complexity index is 936. The summed E-state index contributed by atoms with van der Waals surface area (Å²) in [5.74, 6) is 2.34. The topological polar surface area (TPSA) is 88.4 Å². The molecule has 1 aliphatic rings. The number of hydrogen-bond acceptors (Lipinski definition) is 6. The number of aromatic nitrogens is 4. The van der Waals surface area contributed by atoms with Crippen molar-refractivity contribution in [3.8, 4) is 11.6 Å². The summed E-state index contributed by atoms with van der Waals surface area (Å²) in [7, 11) is 0. The first-order chi connectivity index (χ1) is 14.2. The third-order valence-electron chi connectivity index (χ3n) is 4.68. The highest BCUT2D eigenvalue weighted by Crippen LogP contribution is 2.18. The van der Waals surface area contributed by atoms with Gasteiger partial charge in [0.25, 0.3) is 0 Å². The number of nitrogens with one attached hydrogen (secondary N) is 1. The van der Waals surface area contributed by atoms with Gasteiger partial charge in [-0.3, -0.25) is 0 Å². The molecule has 1 aliphatic heterocycles. The molecule has 4 rings (SSSR count). The molecular weight excluding hydrogens is 370 g/mol. The van der Waals surface area contributed by atoms with E-state index in [9.17, 15) is 4.79 Å². The van der Waals surface area contributed by atoms with Gasteiger partial charge in [-0.05, 0) is 37.3 Å². The number of carbonyl (C=O) groups excluding carboxylic acids is 1. The van der Waals surface area contributed by atoms with Crippen LogP contribution in [0.1, 0.15) is 6.92 Å². The Morgan fingerprint density at radius 1 is 1.10 bits per heavy atom. The van der Waals surface area contributed by atoms with Gasteiger partial charge in [0.1, 0.15) is 17.9 Å². The number of ether oxygens (including phenoxy) is 1. The molecular formula is C20H23N7O2. The smallest absolute Gasteiger partial charge is 0.321 e. The lowest BCUT2D eigenvalue weighted by Gasteiger charge is -2.35. The zero-order chi connectivity index (χ0) is 20.1. The van der Waals surface area contributed by atoms with E-state index in [0.29, 0.717) is 32.8 Å². The number of carbonyl (C=O) groups is 1. The maximum absolute atomic E-state index is 12.6. The Kier molecular flexibility index (Phi) is 5.55. The average Bonchev–Trinajstić information content (AvgIpc) is 3.31. The van der Waals surface area contributed by atoms with Crippen LogP contribution in [-0.4, -0.2) is 63.5 Å². The predicted octanol–water partition coefficient (Wildman–Crippen LogP) is 2.42. The first kappa shape index (κ1) is 18.7. The summed E-state index contributed by atoms with van der Waals surface area (Å²) in [5.41, 5.74) is 0.751. The molecule has 0 atom stereocenters. The molecule has 150 valence electrons. The minimum Gasteiger partial charge on any atom is -0.494 e. The molecule has 0 spiro atoms. The van der Waals surface area contributed by atoms with Gasteiger partial charge in [-0.15, -0.1) is 0 Å². The summed E-state index contributed by atoms with van der Waals surface area (Å²) in [6, 6.07) is 11.0. The van der Waals surface area contributed by atoms with Crippen LogP contribution in [-0.2, 0) is 0 Å². The molecule has 0 saturated carbocycles. The van der Waals surface area contributed by atoms with Crippen LogP contribution in [0.2, 0.25) is 0 Å². The maximum Gasteiger partial charge on any atom is 0.321 e. The lowest BCUT2D eigenvalue weighted by Crippen LogP contribution is -2.50. The van der Waals surface area contributed by atoms with Crippen LogP contribution in [0.5, 0.6) is 5.75 Å². The van der Waals surface area contributed by atoms with Crippen LogP contribution < -0.4 is 15.0 Å². The number of anilines is 2. The second-order valence-corrected chi connectivity index (χ2v) is 6.55. The third kappa shape index (κ3) is 4.45. The first-order valence-corrected chi connectivity index (χ1v) is 9.59. The van der Waals surface area contributed by atoms with Crippen molar-refractivity contribution in [1.29, 1.82) is 0 Å². The van der Waals surface area contributed by atoms with E-state index in [-0.39, 0.29) is 6.03 Å². The van der Waals surface area contributed by atoms with Crippen LogP contribution in [0.15, 0.2) is 55.1 Å². The van der Waals surface area contributed by atoms with E-state index in [4.69, 9.17) is 4.74 Å². The van der Waals surface area contributed by atoms with Crippen LogP contribution >= 0.6 is 0 Å². The summed E-state index contributed by atoms with van der Waals surface area (Å²) < 4.78 is 7.12. The zero-order valence-electron chi connectivity index (χ0n) is 16.2. The van der Waals surface area contributed by atoms with Crippen molar-refractivity contribution in [3.05, 3.63) is 55.1 Å². The minimum absolute atomic E-state index is 0.103. The van der Waals surface area contributed by atoms with E-state index in [1.807, 2.05) is 54.4 Å². The quantitative estimate of drug-likeness (QED) is 0.716. The molecule has 0 radical (unpaired) electrons. The van der Waals surface area contributed by atoms with Gasteiger partial charge in [0, 0.05) is 50.3 Å². The fraction of sp³-hybridized carbons (Fsp3) is 0.300. The molecule has 1 aromatic carbocycles. The summed E-state index contributed by atoms with van der Waals surface area (Å²) in [6.45, 7) is 5.19. The molecule has 9 nitrogen and oxygen atoms in total. The van der Waals surface area contributed by atoms with Crippen molar-refractivity contribution in [2.24, 2.45) is 0 Å². The number of piperazine rings is 1. The number of benzene rings is 1. The molecule has 1 N–H and O–H groups in total. The van der Waals surface area contributed by atoms with E-state index < -0.39 is 0 Å². The summed E-state index contributed by atoms with van der Waals surface area (Å²) >= 11 is 0. The lowest BCUT2D eigenvalue weighted by molar-refractivity contribution is 0.208. The minimum atomic E-state index is -0.103. The number of amides is 2. The average molecular weight is 393 g/mol. The van der Waals surface area contributed by atoms with Crippen molar-refractivity contribution in [3.63, 3.8) is 0 Å². The Morgan fingerprint density at radius 2 is 1.86 bits per heavy atom. The van der Waals surface area contributed by atoms with Gasteiger partial charge in [0.05, 0.1) is 6.61 Å². The highest BCUT2D eigenvalue weighted by molar-refractivity contribution is 5.89. The highest BCUT2D eigenvalue weighted by Gasteiger charge is 2.22. The Morgan fingerprint density at radius 3 is 2.55 bits per heavy atom. The molecule has 0 bridgehead atoms. The summed E-state index contributed by atoms with van der Waals surface area (Å²) in [6.07, 6.45) is 5.09. The lowest BCUT2D eigenvalue weighted by atomic mass is 10.3. The number of urea groups is 1. The Hall–Kier alpha value is -3.62. The van der Waals surface area contributed by atoms with Gasteiger partial charge in [-0.2, -0.15) is 5.10 Å². The standard InChI is InChI=1S/C20H23N7O2/c1-2-29-17-6-4-16(5-7-17)24-20(28)26-12-10-25(11-13-26)18-14-19(22-15-21-18)27-9-3-8-23-27/h3-9,14-15H,2,10-13H2,1H3,(H,24,28). The van der Waals surface area contributed by atoms with E-state index in [1.54, 1.807) is 10.9 Å². The second kappa shape index (κ2) is 8.59. The zero-order valence-corrected chi connectivity index (χ0v) is 16.2. The number of hydrogen-bond donors (Lipinski definition) is 1. The normalized spacial score (nSPS) is 14.0. The van der Waals surface area contributed by atoms with Crippen LogP contribution in [0.3, 0.4) is 0 Å². The van der Waals surface area contributed by atoms with Crippen molar-refractivity contribution >= 4 is 17.5 Å². The fourth-order valence-corrected chi connectivity index (χ4v) is 3.18. The van der Waals surface area contributed by atoms with E-state index >= 15 is 0 Å². The van der Waals surface area contributed by atoms with Gasteiger partial charge >= 0.3 is 6.03 Å². The molecule has 2 aromatic heterocycles. The van der Waals surface area contributed by atoms with Crippen LogP contribution in [0.25, 0.3) is 5.82 Å². The first-order valence-electron chi connectivity index (χ1n) is 9.59. The van der Waals surface area contributed by atoms with Gasteiger partial charge in [0.2, 0.25) is 0 Å². The molecule has 2 amide bonds. The van der Waals surface area contributed by atoms with E-state index in [0.717, 1.165) is 23.1 Å². The van der Waals surface area contributed by atoms with Crippen molar-refractivity contribution in [1.82, 2.24) is 24.6 Å². The largest absolute Gasteiger partial charge is 0.494 e. The molecule has 29 heavy (non-hydrogen) atoms. The van der Waals surface area contributed by atoms with Crippen LogP contribution in [0, 0.1) is 0 Å². The van der Waals surface area contributed by atoms with Crippen molar-refractivity contribution in [2.75, 3.05) is 43.0 Å². The molecule has 1 fully saturated rings. The molecule has 3 aromatic rings. The van der Waals surface area contributed by atoms with Gasteiger partial charge in [-0.25, -0.2) is 19.4 Å². The highest BCUT2D eigenvalue weighted by atomic mass is 16.5. The predicted molar refractivity (Wildman–Crippen MR) is 110 cm³/mol. The van der Waals surface area contributed by atoms with Crippen molar-refractivity contribution in [2.45, 2.75) is 6.92 Å². The van der Waals surface area contributed by atoms with E-state index in [1.165, 1.54) is 6.33 Å². The van der Waals surface area contributed by atoms with Crippen molar-refractivity contribution < 1.29 is 9.53 Å². The molecule has 9 heteroatoms. The monoisotopic (exact) mass is 393 g/mol. The third-order valence-corrected chi connectivity index (χ3v) is 4.68. The molecule has 1 saturated heterocycles. The second-order valence-electron chi connectivity index (χ2n) is 6.55. The SMILES string of the molecule is CCOc1ccc(NC(=O)N2CCN(c3cc(-n4cccn4)ncn3)CC2)cc1. The molecule has 3 heterocycles. The Balaban J connectivity index is 1.33. The number of nitrogens with zero attached hydrogens (tertiary/aromatic N) is 6. The Labute approximate surface area is 168 Å². The maximum atomic E-state index is 12.6. The summed E-state index contributed by atoms with van der Waals surface area (Å²) in [5, 5.41) is 7.14. The van der Waals surface area contributed by atoms with E-state index in [2.05, 4.69) is 25.3 Å². The fourth-order valence-electron chi connectivity index (χ4n) is 3.18. The summed E-state index contributed by atoms with van der Waals surface area (Å²) in [4.78, 5) is 25.2. The van der Waals surface area contributed by atoms with Gasteiger partial charge in [-0.1, -0.05) is 0 Å². The van der Waals surface area contributed by atoms with Gasteiger partial charge in [0.15, 0.2) is 5.82 Å².